The van der Waals surface area contributed by atoms with E-state index in [1.54, 1.807) is 55.7 Å². The van der Waals surface area contributed by atoms with Gasteiger partial charge < -0.3 is 10.1 Å². The van der Waals surface area contributed by atoms with Gasteiger partial charge in [-0.15, -0.1) is 0 Å². The fraction of sp³-hybridized carbons (Fsp3) is 0.190. The highest BCUT2D eigenvalue weighted by Crippen LogP contribution is 2.32. The molecule has 9 heteroatoms. The molecule has 30 heavy (non-hydrogen) atoms. The number of halogens is 2. The number of ether oxygens (including phenoxy) is 1. The van der Waals surface area contributed by atoms with E-state index < -0.39 is 0 Å². The highest BCUT2D eigenvalue weighted by atomic mass is 35.5. The number of carbonyl (C=O) groups excluding carboxylic acids is 3. The summed E-state index contributed by atoms with van der Waals surface area (Å²) in [5.41, 5.74) is 1.51. The Balaban J connectivity index is 1.53. The smallest absolute Gasteiger partial charge is 0.293 e. The first-order valence-electron chi connectivity index (χ1n) is 8.97. The van der Waals surface area contributed by atoms with Gasteiger partial charge in [0.2, 0.25) is 5.91 Å². The zero-order valence-electron chi connectivity index (χ0n) is 16.0. The van der Waals surface area contributed by atoms with Crippen molar-refractivity contribution in [2.24, 2.45) is 0 Å². The minimum absolute atomic E-state index is 0.0950. The molecular weight excluding hydrogens is 447 g/mol. The molecule has 1 aliphatic rings. The number of rotatable bonds is 7. The van der Waals surface area contributed by atoms with Crippen molar-refractivity contribution in [3.05, 3.63) is 68.5 Å². The van der Waals surface area contributed by atoms with Crippen LogP contribution in [-0.4, -0.2) is 42.2 Å². The number of imide groups is 1. The summed E-state index contributed by atoms with van der Waals surface area (Å²) in [4.78, 5) is 38.3. The van der Waals surface area contributed by atoms with Crippen LogP contribution in [0.4, 0.5) is 4.79 Å². The lowest BCUT2D eigenvalue weighted by Gasteiger charge is -2.13. The summed E-state index contributed by atoms with van der Waals surface area (Å²) in [5.74, 6) is 0.0885. The van der Waals surface area contributed by atoms with Gasteiger partial charge in [-0.05, 0) is 53.2 Å². The number of hydrogen-bond acceptors (Lipinski definition) is 5. The molecule has 156 valence electrons. The molecule has 1 heterocycles. The van der Waals surface area contributed by atoms with Crippen molar-refractivity contribution in [2.75, 3.05) is 20.2 Å². The first-order valence-corrected chi connectivity index (χ1v) is 10.5. The molecule has 0 saturated carbocycles. The van der Waals surface area contributed by atoms with Gasteiger partial charge in [0.1, 0.15) is 5.75 Å². The van der Waals surface area contributed by atoms with E-state index in [1.807, 2.05) is 0 Å². The Hall–Kier alpha value is -2.48. The predicted molar refractivity (Wildman–Crippen MR) is 119 cm³/mol. The van der Waals surface area contributed by atoms with Crippen LogP contribution in [0.3, 0.4) is 0 Å². The lowest BCUT2D eigenvalue weighted by molar-refractivity contribution is -0.124. The number of thioether (sulfide) groups is 1. The molecule has 0 atom stereocenters. The van der Waals surface area contributed by atoms with Gasteiger partial charge >= 0.3 is 0 Å². The fourth-order valence-electron chi connectivity index (χ4n) is 2.75. The topological polar surface area (TPSA) is 75.7 Å². The molecule has 1 saturated heterocycles. The first kappa shape index (κ1) is 22.2. The lowest BCUT2D eigenvalue weighted by atomic mass is 10.1. The van der Waals surface area contributed by atoms with Crippen molar-refractivity contribution in [1.29, 1.82) is 0 Å². The van der Waals surface area contributed by atoms with Gasteiger partial charge in [0.15, 0.2) is 0 Å². The minimum Gasteiger partial charge on any atom is -0.497 e. The van der Waals surface area contributed by atoms with E-state index in [1.165, 1.54) is 0 Å². The van der Waals surface area contributed by atoms with E-state index >= 15 is 0 Å². The predicted octanol–water partition coefficient (Wildman–Crippen LogP) is 4.40. The molecule has 0 aromatic heterocycles. The van der Waals surface area contributed by atoms with Crippen LogP contribution in [-0.2, 0) is 16.0 Å². The molecular formula is C21H18Cl2N2O4S. The van der Waals surface area contributed by atoms with E-state index in [0.29, 0.717) is 20.7 Å². The summed E-state index contributed by atoms with van der Waals surface area (Å²) < 4.78 is 5.10. The molecule has 1 aliphatic heterocycles. The average molecular weight is 465 g/mol. The Labute approximate surface area is 188 Å². The average Bonchev–Trinajstić information content (AvgIpc) is 2.98. The molecule has 2 aromatic carbocycles. The monoisotopic (exact) mass is 464 g/mol. The van der Waals surface area contributed by atoms with Crippen molar-refractivity contribution < 1.29 is 19.1 Å². The van der Waals surface area contributed by atoms with Crippen LogP contribution in [0, 0.1) is 0 Å². The molecule has 1 N–H and O–H groups in total. The quantitative estimate of drug-likeness (QED) is 0.614. The fourth-order valence-corrected chi connectivity index (χ4v) is 3.93. The lowest BCUT2D eigenvalue weighted by Crippen LogP contribution is -2.37. The van der Waals surface area contributed by atoms with Gasteiger partial charge in [-0.3, -0.25) is 19.3 Å². The molecule has 6 nitrogen and oxygen atoms in total. The Morgan fingerprint density at radius 1 is 1.13 bits per heavy atom. The Bertz CT molecular complexity index is 1010. The van der Waals surface area contributed by atoms with E-state index in [9.17, 15) is 14.4 Å². The molecule has 0 bridgehead atoms. The van der Waals surface area contributed by atoms with Gasteiger partial charge in [0.05, 0.1) is 28.5 Å². The normalized spacial score (nSPS) is 15.0. The second kappa shape index (κ2) is 10.0. The number of nitrogens with zero attached hydrogens (tertiary/aromatic N) is 1. The number of benzene rings is 2. The standard InChI is InChI=1S/C21H18Cl2N2O4S/c1-29-15-5-2-13(3-6-15)11-18-20(27)25(21(28)30-18)9-8-24-19(26)12-14-4-7-16(22)17(23)10-14/h2-7,10-11H,8-9,12H2,1H3,(H,24,26)/b18-11-. The van der Waals surface area contributed by atoms with Crippen LogP contribution in [0.1, 0.15) is 11.1 Å². The van der Waals surface area contributed by atoms with Gasteiger partial charge in [0.25, 0.3) is 11.1 Å². The molecule has 3 amide bonds. The number of amides is 3. The third-order valence-corrected chi connectivity index (χ3v) is 5.94. The number of hydrogen-bond donors (Lipinski definition) is 1. The van der Waals surface area contributed by atoms with Crippen LogP contribution < -0.4 is 10.1 Å². The van der Waals surface area contributed by atoms with Gasteiger partial charge in [-0.1, -0.05) is 41.4 Å². The number of carbonyl (C=O) groups is 3. The summed E-state index contributed by atoms with van der Waals surface area (Å²) >= 11 is 12.7. The zero-order valence-corrected chi connectivity index (χ0v) is 18.3. The SMILES string of the molecule is COc1ccc(/C=C2\SC(=O)N(CCNC(=O)Cc3ccc(Cl)c(Cl)c3)C2=O)cc1. The van der Waals surface area contributed by atoms with Gasteiger partial charge in [0, 0.05) is 13.1 Å². The van der Waals surface area contributed by atoms with Crippen LogP contribution in [0.15, 0.2) is 47.4 Å². The minimum atomic E-state index is -0.375. The third kappa shape index (κ3) is 5.56. The van der Waals surface area contributed by atoms with Crippen LogP contribution in [0.25, 0.3) is 6.08 Å². The van der Waals surface area contributed by atoms with E-state index in [0.717, 1.165) is 27.8 Å². The van der Waals surface area contributed by atoms with E-state index in [2.05, 4.69) is 5.32 Å². The second-order valence-electron chi connectivity index (χ2n) is 6.38. The van der Waals surface area contributed by atoms with Gasteiger partial charge in [-0.2, -0.15) is 0 Å². The Morgan fingerprint density at radius 3 is 2.53 bits per heavy atom. The molecule has 0 unspecified atom stereocenters. The van der Waals surface area contributed by atoms with Crippen molar-refractivity contribution in [3.63, 3.8) is 0 Å². The van der Waals surface area contributed by atoms with Crippen molar-refractivity contribution in [1.82, 2.24) is 10.2 Å². The van der Waals surface area contributed by atoms with Crippen LogP contribution in [0.5, 0.6) is 5.75 Å². The van der Waals surface area contributed by atoms with Crippen LogP contribution in [0.2, 0.25) is 10.0 Å². The summed E-state index contributed by atoms with van der Waals surface area (Å²) in [6.45, 7) is 0.256. The largest absolute Gasteiger partial charge is 0.497 e. The summed E-state index contributed by atoms with van der Waals surface area (Å²) in [6, 6.07) is 12.1. The van der Waals surface area contributed by atoms with Crippen LogP contribution >= 0.6 is 35.0 Å². The molecule has 3 rings (SSSR count). The van der Waals surface area contributed by atoms with Crippen molar-refractivity contribution in [3.8, 4) is 5.75 Å². The zero-order chi connectivity index (χ0) is 21.7. The third-order valence-electron chi connectivity index (χ3n) is 4.29. The maximum Gasteiger partial charge on any atom is 0.293 e. The Morgan fingerprint density at radius 2 is 1.87 bits per heavy atom. The molecule has 0 spiro atoms. The van der Waals surface area contributed by atoms with E-state index in [4.69, 9.17) is 27.9 Å². The highest BCUT2D eigenvalue weighted by Gasteiger charge is 2.34. The summed E-state index contributed by atoms with van der Waals surface area (Å²) in [6.07, 6.45) is 1.78. The summed E-state index contributed by atoms with van der Waals surface area (Å²) in [7, 11) is 1.57. The highest BCUT2D eigenvalue weighted by molar-refractivity contribution is 8.18. The van der Waals surface area contributed by atoms with Crippen molar-refractivity contribution in [2.45, 2.75) is 6.42 Å². The number of nitrogens with one attached hydrogen (secondary N) is 1. The maximum atomic E-state index is 12.5. The molecule has 2 aromatic rings. The van der Waals surface area contributed by atoms with E-state index in [-0.39, 0.29) is 36.6 Å². The van der Waals surface area contributed by atoms with Crippen molar-refractivity contribution >= 4 is 58.1 Å². The molecule has 0 radical (unpaired) electrons. The van der Waals surface area contributed by atoms with Gasteiger partial charge in [-0.25, -0.2) is 0 Å². The Kier molecular flexibility index (Phi) is 7.42. The molecule has 1 fully saturated rings. The second-order valence-corrected chi connectivity index (χ2v) is 8.19. The first-order chi connectivity index (χ1) is 14.4. The molecule has 0 aliphatic carbocycles. The maximum absolute atomic E-state index is 12.5. The number of methoxy groups -OCH3 is 1. The summed E-state index contributed by atoms with van der Waals surface area (Å²) in [5, 5.41) is 3.14.